The number of amides is 1. The molecule has 1 aromatic carbocycles. The number of fused-ring (bicyclic) bond motifs is 1. The van der Waals surface area contributed by atoms with Gasteiger partial charge in [0.2, 0.25) is 6.79 Å². The van der Waals surface area contributed by atoms with E-state index in [9.17, 15) is 4.79 Å². The second-order valence-electron chi connectivity index (χ2n) is 5.36. The highest BCUT2D eigenvalue weighted by Crippen LogP contribution is 2.37. The highest BCUT2D eigenvalue weighted by atomic mass is 16.7. The Kier molecular flexibility index (Phi) is 2.84. The molecule has 1 aromatic heterocycles. The molecule has 1 saturated heterocycles. The van der Waals surface area contributed by atoms with E-state index in [1.54, 1.807) is 6.07 Å². The van der Waals surface area contributed by atoms with Gasteiger partial charge in [-0.3, -0.25) is 4.79 Å². The van der Waals surface area contributed by atoms with E-state index in [2.05, 4.69) is 6.07 Å². The van der Waals surface area contributed by atoms with Crippen molar-refractivity contribution in [1.29, 1.82) is 0 Å². The number of likely N-dealkylation sites (tertiary alicyclic amines) is 1. The van der Waals surface area contributed by atoms with E-state index in [4.69, 9.17) is 13.9 Å². The van der Waals surface area contributed by atoms with Gasteiger partial charge in [0.25, 0.3) is 5.91 Å². The van der Waals surface area contributed by atoms with Crippen LogP contribution in [0.25, 0.3) is 0 Å². The molecule has 0 spiro atoms. The molecule has 5 heteroatoms. The molecule has 3 heterocycles. The van der Waals surface area contributed by atoms with Crippen LogP contribution in [0.3, 0.4) is 0 Å². The number of carbonyl (C=O) groups excluding carboxylic acids is 1. The van der Waals surface area contributed by atoms with Gasteiger partial charge in [0.15, 0.2) is 11.5 Å². The van der Waals surface area contributed by atoms with E-state index in [0.717, 1.165) is 31.0 Å². The van der Waals surface area contributed by atoms with Crippen molar-refractivity contribution in [3.8, 4) is 11.5 Å². The topological polar surface area (TPSA) is 51.9 Å². The van der Waals surface area contributed by atoms with Gasteiger partial charge in [0.1, 0.15) is 6.26 Å². The van der Waals surface area contributed by atoms with Gasteiger partial charge in [-0.1, -0.05) is 6.07 Å². The van der Waals surface area contributed by atoms with Gasteiger partial charge in [-0.05, 0) is 30.2 Å². The van der Waals surface area contributed by atoms with Crippen molar-refractivity contribution in [2.75, 3.05) is 19.9 Å². The smallest absolute Gasteiger partial charge is 0.257 e. The lowest BCUT2D eigenvalue weighted by Crippen LogP contribution is -2.28. The summed E-state index contributed by atoms with van der Waals surface area (Å²) < 4.78 is 15.7. The van der Waals surface area contributed by atoms with Gasteiger partial charge in [0, 0.05) is 19.0 Å². The summed E-state index contributed by atoms with van der Waals surface area (Å²) in [5, 5.41) is 0. The molecule has 108 valence electrons. The molecule has 0 N–H and O–H groups in total. The van der Waals surface area contributed by atoms with Gasteiger partial charge in [0.05, 0.1) is 11.8 Å². The second kappa shape index (κ2) is 4.84. The van der Waals surface area contributed by atoms with Crippen LogP contribution >= 0.6 is 0 Å². The molecule has 21 heavy (non-hydrogen) atoms. The fraction of sp³-hybridized carbons (Fsp3) is 0.312. The van der Waals surface area contributed by atoms with Crippen LogP contribution < -0.4 is 9.47 Å². The first kappa shape index (κ1) is 12.3. The summed E-state index contributed by atoms with van der Waals surface area (Å²) in [7, 11) is 0. The molecule has 4 rings (SSSR count). The summed E-state index contributed by atoms with van der Waals surface area (Å²) in [6.45, 7) is 1.78. The van der Waals surface area contributed by atoms with Crippen molar-refractivity contribution in [1.82, 2.24) is 4.90 Å². The summed E-state index contributed by atoms with van der Waals surface area (Å²) in [5.74, 6) is 1.97. The quantitative estimate of drug-likeness (QED) is 0.851. The zero-order valence-electron chi connectivity index (χ0n) is 11.5. The predicted molar refractivity (Wildman–Crippen MR) is 74.5 cm³/mol. The summed E-state index contributed by atoms with van der Waals surface area (Å²) in [6, 6.07) is 7.73. The van der Waals surface area contributed by atoms with Gasteiger partial charge >= 0.3 is 0 Å². The minimum Gasteiger partial charge on any atom is -0.472 e. The maximum atomic E-state index is 12.3. The number of carbonyl (C=O) groups is 1. The summed E-state index contributed by atoms with van der Waals surface area (Å²) in [4.78, 5) is 14.2. The third-order valence-corrected chi connectivity index (χ3v) is 4.11. The number of benzene rings is 1. The Hall–Kier alpha value is -2.43. The lowest BCUT2D eigenvalue weighted by atomic mass is 9.98. The monoisotopic (exact) mass is 285 g/mol. The lowest BCUT2D eigenvalue weighted by Gasteiger charge is -2.16. The van der Waals surface area contributed by atoms with E-state index >= 15 is 0 Å². The zero-order valence-corrected chi connectivity index (χ0v) is 11.5. The fourth-order valence-electron chi connectivity index (χ4n) is 2.95. The molecule has 0 saturated carbocycles. The van der Waals surface area contributed by atoms with Crippen LogP contribution in [-0.4, -0.2) is 30.7 Å². The molecule has 1 unspecified atom stereocenters. The van der Waals surface area contributed by atoms with Crippen molar-refractivity contribution < 1.29 is 18.7 Å². The molecule has 5 nitrogen and oxygen atoms in total. The summed E-state index contributed by atoms with van der Waals surface area (Å²) in [5.41, 5.74) is 1.81. The molecule has 0 aliphatic carbocycles. The minimum absolute atomic E-state index is 0.0343. The Morgan fingerprint density at radius 3 is 2.95 bits per heavy atom. The molecule has 1 amide bonds. The van der Waals surface area contributed by atoms with E-state index in [0.29, 0.717) is 11.5 Å². The number of rotatable bonds is 2. The molecule has 1 atom stereocenters. The largest absolute Gasteiger partial charge is 0.472 e. The van der Waals surface area contributed by atoms with Gasteiger partial charge < -0.3 is 18.8 Å². The zero-order chi connectivity index (χ0) is 14.2. The van der Waals surface area contributed by atoms with Gasteiger partial charge in [-0.15, -0.1) is 0 Å². The maximum absolute atomic E-state index is 12.3. The van der Waals surface area contributed by atoms with Crippen LogP contribution in [0.15, 0.2) is 41.2 Å². The molecular weight excluding hydrogens is 270 g/mol. The van der Waals surface area contributed by atoms with E-state index < -0.39 is 0 Å². The fourth-order valence-corrected chi connectivity index (χ4v) is 2.95. The van der Waals surface area contributed by atoms with Crippen LogP contribution in [0, 0.1) is 0 Å². The second-order valence-corrected chi connectivity index (χ2v) is 5.36. The minimum atomic E-state index is 0.0343. The highest BCUT2D eigenvalue weighted by Gasteiger charge is 2.29. The first-order valence-corrected chi connectivity index (χ1v) is 7.02. The Balaban J connectivity index is 1.50. The maximum Gasteiger partial charge on any atom is 0.257 e. The average Bonchev–Trinajstić information content (AvgIpc) is 3.25. The third-order valence-electron chi connectivity index (χ3n) is 4.11. The van der Waals surface area contributed by atoms with Gasteiger partial charge in [-0.2, -0.15) is 0 Å². The lowest BCUT2D eigenvalue weighted by molar-refractivity contribution is 0.0790. The Morgan fingerprint density at radius 1 is 1.19 bits per heavy atom. The normalized spacial score (nSPS) is 20.0. The predicted octanol–water partition coefficient (Wildman–Crippen LogP) is 2.64. The van der Waals surface area contributed by atoms with Crippen LogP contribution in [0.2, 0.25) is 0 Å². The third kappa shape index (κ3) is 2.14. The van der Waals surface area contributed by atoms with Crippen LogP contribution in [0.5, 0.6) is 11.5 Å². The molecular formula is C16H15NO4. The molecule has 0 bridgehead atoms. The van der Waals surface area contributed by atoms with Crippen molar-refractivity contribution in [2.24, 2.45) is 0 Å². The van der Waals surface area contributed by atoms with Crippen LogP contribution in [0.4, 0.5) is 0 Å². The average molecular weight is 285 g/mol. The van der Waals surface area contributed by atoms with Crippen molar-refractivity contribution in [3.05, 3.63) is 47.9 Å². The van der Waals surface area contributed by atoms with Crippen LogP contribution in [-0.2, 0) is 0 Å². The molecule has 2 aliphatic heterocycles. The Labute approximate surface area is 122 Å². The number of nitrogens with zero attached hydrogens (tertiary/aromatic N) is 1. The van der Waals surface area contributed by atoms with Crippen LogP contribution in [0.1, 0.15) is 28.3 Å². The summed E-state index contributed by atoms with van der Waals surface area (Å²) in [6.07, 6.45) is 3.98. The molecule has 1 fully saturated rings. The van der Waals surface area contributed by atoms with Crippen molar-refractivity contribution in [2.45, 2.75) is 12.3 Å². The molecule has 2 aromatic rings. The standard InChI is InChI=1S/C16H15NO4/c18-16(13-4-6-19-9-13)17-5-3-12(8-17)11-1-2-14-15(7-11)21-10-20-14/h1-2,4,6-7,9,12H,3,5,8,10H2. The number of hydrogen-bond acceptors (Lipinski definition) is 4. The molecule has 2 aliphatic rings. The van der Waals surface area contributed by atoms with Crippen molar-refractivity contribution >= 4 is 5.91 Å². The Morgan fingerprint density at radius 2 is 2.10 bits per heavy atom. The Bertz CT molecular complexity index is 665. The number of ether oxygens (including phenoxy) is 2. The van der Waals surface area contributed by atoms with Gasteiger partial charge in [-0.25, -0.2) is 0 Å². The highest BCUT2D eigenvalue weighted by molar-refractivity contribution is 5.94. The SMILES string of the molecule is O=C(c1ccoc1)N1CCC(c2ccc3c(c2)OCO3)C1. The summed E-state index contributed by atoms with van der Waals surface area (Å²) >= 11 is 0. The van der Waals surface area contributed by atoms with Crippen molar-refractivity contribution in [3.63, 3.8) is 0 Å². The molecule has 0 radical (unpaired) electrons. The first-order valence-electron chi connectivity index (χ1n) is 7.02. The number of hydrogen-bond donors (Lipinski definition) is 0. The first-order chi connectivity index (χ1) is 10.3. The van der Waals surface area contributed by atoms with E-state index in [1.165, 1.54) is 18.1 Å². The van der Waals surface area contributed by atoms with E-state index in [-0.39, 0.29) is 12.7 Å². The number of furan rings is 1. The van der Waals surface area contributed by atoms with E-state index in [1.807, 2.05) is 17.0 Å².